The number of aliphatic carboxylic acids is 1. The lowest BCUT2D eigenvalue weighted by molar-refractivity contribution is -0.139. The molecule has 3 rings (SSSR count). The number of nitriles is 1. The quantitative estimate of drug-likeness (QED) is 0.496. The average Bonchev–Trinajstić information content (AvgIpc) is 2.78. The van der Waals surface area contributed by atoms with E-state index in [-0.39, 0.29) is 17.2 Å². The molecule has 0 bridgehead atoms. The molecular weight excluding hydrogens is 437 g/mol. The number of rotatable bonds is 8. The molecule has 8 nitrogen and oxygen atoms in total. The van der Waals surface area contributed by atoms with Crippen LogP contribution in [-0.4, -0.2) is 38.6 Å². The summed E-state index contributed by atoms with van der Waals surface area (Å²) >= 11 is 0. The van der Waals surface area contributed by atoms with Gasteiger partial charge < -0.3 is 9.84 Å². The maximum Gasteiger partial charge on any atom is 0.341 e. The summed E-state index contributed by atoms with van der Waals surface area (Å²) in [6.45, 7) is -0.517. The predicted molar refractivity (Wildman–Crippen MR) is 114 cm³/mol. The zero-order chi connectivity index (χ0) is 23.3. The van der Waals surface area contributed by atoms with Crippen LogP contribution in [0.4, 0.5) is 4.39 Å². The van der Waals surface area contributed by atoms with Crippen LogP contribution in [0.1, 0.15) is 11.1 Å². The van der Waals surface area contributed by atoms with Gasteiger partial charge in [0.05, 0.1) is 12.1 Å². The van der Waals surface area contributed by atoms with Gasteiger partial charge in [-0.2, -0.15) is 9.81 Å². The molecule has 0 radical (unpaired) electrons. The molecule has 0 aliphatic rings. The van der Waals surface area contributed by atoms with Gasteiger partial charge in [0, 0.05) is 42.7 Å². The molecule has 0 amide bonds. The van der Waals surface area contributed by atoms with E-state index in [0.717, 1.165) is 12.1 Å². The number of halogens is 1. The Morgan fingerprint density at radius 3 is 2.59 bits per heavy atom. The van der Waals surface area contributed by atoms with E-state index in [0.29, 0.717) is 22.3 Å². The fourth-order valence-corrected chi connectivity index (χ4v) is 4.13. The van der Waals surface area contributed by atoms with Gasteiger partial charge in [-0.15, -0.1) is 0 Å². The Morgan fingerprint density at radius 1 is 1.22 bits per heavy atom. The number of carbonyl (C=O) groups is 1. The molecule has 0 fully saturated rings. The molecule has 0 saturated carbocycles. The molecule has 2 aromatic carbocycles. The maximum absolute atomic E-state index is 13.2. The topological polar surface area (TPSA) is 124 Å². The third-order valence-electron chi connectivity index (χ3n) is 4.52. The number of nitrogens with zero attached hydrogens (tertiary/aromatic N) is 3. The van der Waals surface area contributed by atoms with Gasteiger partial charge in [-0.3, -0.25) is 4.98 Å². The van der Waals surface area contributed by atoms with E-state index < -0.39 is 28.8 Å². The van der Waals surface area contributed by atoms with Crippen molar-refractivity contribution in [1.29, 1.82) is 5.26 Å². The molecule has 0 spiro atoms. The molecular formula is C22H19FN3O5S+. The van der Waals surface area contributed by atoms with E-state index in [4.69, 9.17) is 15.1 Å². The highest BCUT2D eigenvalue weighted by molar-refractivity contribution is 7.95. The van der Waals surface area contributed by atoms with Crippen molar-refractivity contribution in [3.05, 3.63) is 77.9 Å². The third kappa shape index (κ3) is 5.33. The average molecular weight is 456 g/mol. The van der Waals surface area contributed by atoms with Crippen LogP contribution < -0.4 is 4.74 Å². The van der Waals surface area contributed by atoms with Crippen LogP contribution in [0, 0.1) is 17.1 Å². The maximum atomic E-state index is 13.2. The third-order valence-corrected chi connectivity index (χ3v) is 6.38. The largest absolute Gasteiger partial charge is 0.481 e. The summed E-state index contributed by atoms with van der Waals surface area (Å²) in [6.07, 6.45) is 2.90. The first kappa shape index (κ1) is 23.0. The summed E-state index contributed by atoms with van der Waals surface area (Å²) in [4.78, 5) is 15.0. The highest BCUT2D eigenvalue weighted by Gasteiger charge is 2.35. The first-order chi connectivity index (χ1) is 15.2. The zero-order valence-electron chi connectivity index (χ0n) is 16.9. The Kier molecular flexibility index (Phi) is 6.95. The Labute approximate surface area is 184 Å². The monoisotopic (exact) mass is 456 g/mol. The second-order valence-corrected chi connectivity index (χ2v) is 8.91. The minimum Gasteiger partial charge on any atom is -0.481 e. The summed E-state index contributed by atoms with van der Waals surface area (Å²) in [5.74, 6) is -1.40. The van der Waals surface area contributed by atoms with Gasteiger partial charge in [0.15, 0.2) is 6.61 Å². The first-order valence-electron chi connectivity index (χ1n) is 9.27. The smallest absolute Gasteiger partial charge is 0.341 e. The molecule has 1 atom stereocenters. The van der Waals surface area contributed by atoms with Crippen LogP contribution in [0.3, 0.4) is 0 Å². The molecule has 3 aromatic rings. The number of hydrogen-bond acceptors (Lipinski definition) is 5. The lowest BCUT2D eigenvalue weighted by Gasteiger charge is -2.17. The molecule has 0 aliphatic carbocycles. The van der Waals surface area contributed by atoms with Crippen molar-refractivity contribution in [1.82, 2.24) is 9.29 Å². The van der Waals surface area contributed by atoms with Crippen LogP contribution in [-0.2, 0) is 25.9 Å². The first-order valence-corrected chi connectivity index (χ1v) is 10.7. The van der Waals surface area contributed by atoms with E-state index >= 15 is 0 Å². The zero-order valence-corrected chi connectivity index (χ0v) is 17.8. The Morgan fingerprint density at radius 2 is 1.94 bits per heavy atom. The molecule has 1 heterocycles. The van der Waals surface area contributed by atoms with Crippen molar-refractivity contribution >= 4 is 16.4 Å². The van der Waals surface area contributed by atoms with Crippen molar-refractivity contribution in [2.24, 2.45) is 0 Å². The van der Waals surface area contributed by atoms with Gasteiger partial charge in [0.25, 0.3) is 0 Å². The molecule has 10 heteroatoms. The lowest BCUT2D eigenvalue weighted by Crippen LogP contribution is -2.32. The second-order valence-electron chi connectivity index (χ2n) is 6.82. The van der Waals surface area contributed by atoms with E-state index in [1.165, 1.54) is 35.9 Å². The number of ether oxygens (including phenoxy) is 1. The summed E-state index contributed by atoms with van der Waals surface area (Å²) in [5.41, 5.74) is 1.94. The number of carboxylic acids is 1. The molecule has 2 N–H and O–H groups in total. The van der Waals surface area contributed by atoms with Crippen molar-refractivity contribution in [3.8, 4) is 22.9 Å². The summed E-state index contributed by atoms with van der Waals surface area (Å²) in [7, 11) is -2.16. The lowest BCUT2D eigenvalue weighted by atomic mass is 10.0. The van der Waals surface area contributed by atoms with Gasteiger partial charge in [-0.1, -0.05) is 10.4 Å². The molecule has 1 aromatic heterocycles. The predicted octanol–water partition coefficient (Wildman–Crippen LogP) is 3.60. The molecule has 1 unspecified atom stereocenters. The summed E-state index contributed by atoms with van der Waals surface area (Å²) in [6, 6.07) is 13.2. The number of hydrogen-bond donors (Lipinski definition) is 2. The molecule has 164 valence electrons. The Hall–Kier alpha value is -3.65. The van der Waals surface area contributed by atoms with Crippen LogP contribution in [0.15, 0.2) is 65.8 Å². The fraction of sp³-hybridized carbons (Fsp3) is 0.136. The van der Waals surface area contributed by atoms with E-state index in [2.05, 4.69) is 4.98 Å². The number of carboxylic acid groups (broad SMARTS) is 1. The van der Waals surface area contributed by atoms with E-state index in [1.54, 1.807) is 24.3 Å². The Balaban J connectivity index is 1.94. The Bertz CT molecular complexity index is 1230. The fourth-order valence-electron chi connectivity index (χ4n) is 2.95. The van der Waals surface area contributed by atoms with Gasteiger partial charge in [0.1, 0.15) is 17.6 Å². The van der Waals surface area contributed by atoms with Gasteiger partial charge in [-0.05, 0) is 40.1 Å². The van der Waals surface area contributed by atoms with Gasteiger partial charge in [-0.25, -0.2) is 9.18 Å². The van der Waals surface area contributed by atoms with Crippen LogP contribution in [0.2, 0.25) is 0 Å². The minimum absolute atomic E-state index is 0.0459. The summed E-state index contributed by atoms with van der Waals surface area (Å²) < 4.78 is 43.2. The molecule has 0 aliphatic heterocycles. The highest BCUT2D eigenvalue weighted by atomic mass is 32.3. The minimum atomic E-state index is -3.62. The van der Waals surface area contributed by atoms with E-state index in [9.17, 15) is 17.9 Å². The van der Waals surface area contributed by atoms with Crippen molar-refractivity contribution < 1.29 is 27.8 Å². The number of aromatic nitrogens is 1. The van der Waals surface area contributed by atoms with Crippen molar-refractivity contribution in [2.45, 2.75) is 11.4 Å². The molecule has 0 saturated heterocycles. The van der Waals surface area contributed by atoms with Crippen molar-refractivity contribution in [2.75, 3.05) is 13.7 Å². The number of benzene rings is 2. The SMILES string of the molecule is CN(Cc1ccc(OCC(=O)O)c(-c2cncc(C#N)c2)c1)[S+](=O)(O)c1ccc(F)cc1. The normalized spacial score (nSPS) is 12.7. The van der Waals surface area contributed by atoms with Gasteiger partial charge in [0.2, 0.25) is 4.90 Å². The van der Waals surface area contributed by atoms with Crippen LogP contribution in [0.25, 0.3) is 11.1 Å². The number of pyridine rings is 1. The summed E-state index contributed by atoms with van der Waals surface area (Å²) in [5, 5.41) is 18.1. The molecule has 32 heavy (non-hydrogen) atoms. The second kappa shape index (κ2) is 9.65. The standard InChI is InChI=1S/C22H18FN3O5S/c1-26(32(29,30)19-5-3-18(23)4-6-19)13-15-2-7-21(31-14-22(27)28)20(9-15)17-8-16(10-24)11-25-12-17/h2-9,11-12H,13-14H2,1H3,(H-,27,28,29,30)/p+1. The van der Waals surface area contributed by atoms with Crippen molar-refractivity contribution in [3.63, 3.8) is 0 Å². The van der Waals surface area contributed by atoms with E-state index in [1.807, 2.05) is 6.07 Å². The van der Waals surface area contributed by atoms with Gasteiger partial charge >= 0.3 is 16.4 Å². The van der Waals surface area contributed by atoms with Crippen LogP contribution in [0.5, 0.6) is 5.75 Å². The highest BCUT2D eigenvalue weighted by Crippen LogP contribution is 2.32. The van der Waals surface area contributed by atoms with Crippen LogP contribution >= 0.6 is 0 Å².